The summed E-state index contributed by atoms with van der Waals surface area (Å²) in [6, 6.07) is 7.54. The summed E-state index contributed by atoms with van der Waals surface area (Å²) in [5.74, 6) is 0.455. The molecule has 1 heterocycles. The molecule has 0 aliphatic carbocycles. The van der Waals surface area contributed by atoms with Gasteiger partial charge in [-0.2, -0.15) is 0 Å². The third-order valence-corrected chi connectivity index (χ3v) is 2.86. The van der Waals surface area contributed by atoms with E-state index in [-0.39, 0.29) is 17.4 Å². The Kier molecular flexibility index (Phi) is 5.19. The van der Waals surface area contributed by atoms with Gasteiger partial charge in [0, 0.05) is 19.2 Å². The van der Waals surface area contributed by atoms with E-state index in [2.05, 4.69) is 27.2 Å². The summed E-state index contributed by atoms with van der Waals surface area (Å²) in [4.78, 5) is 20.4. The zero-order chi connectivity index (χ0) is 15.9. The summed E-state index contributed by atoms with van der Waals surface area (Å²) in [7, 11) is 0. The van der Waals surface area contributed by atoms with Crippen molar-refractivity contribution in [2.24, 2.45) is 0 Å². The molecule has 0 aliphatic rings. The molecule has 0 atom stereocenters. The molecule has 0 radical (unpaired) electrons. The normalized spacial score (nSPS) is 10.1. The van der Waals surface area contributed by atoms with Crippen LogP contribution in [-0.2, 0) is 6.54 Å². The predicted octanol–water partition coefficient (Wildman–Crippen LogP) is 2.45. The van der Waals surface area contributed by atoms with E-state index in [1.165, 1.54) is 12.1 Å². The van der Waals surface area contributed by atoms with E-state index in [1.54, 1.807) is 31.2 Å². The molecule has 0 unspecified atom stereocenters. The van der Waals surface area contributed by atoms with E-state index < -0.39 is 0 Å². The maximum absolute atomic E-state index is 12.8. The monoisotopic (exact) mass is 300 g/mol. The maximum atomic E-state index is 12.8. The van der Waals surface area contributed by atoms with E-state index >= 15 is 0 Å². The topological polar surface area (TPSA) is 66.9 Å². The summed E-state index contributed by atoms with van der Waals surface area (Å²) in [6.45, 7) is 6.18. The lowest BCUT2D eigenvalue weighted by Crippen LogP contribution is -2.24. The Hall–Kier alpha value is -2.76. The molecule has 0 aliphatic heterocycles. The molecule has 2 aromatic rings. The number of halogens is 1. The third kappa shape index (κ3) is 4.37. The molecule has 0 bridgehead atoms. The Morgan fingerprint density at radius 3 is 2.73 bits per heavy atom. The number of aromatic nitrogens is 2. The van der Waals surface area contributed by atoms with Crippen molar-refractivity contribution in [2.45, 2.75) is 13.5 Å². The minimum absolute atomic E-state index is 0.279. The van der Waals surface area contributed by atoms with E-state index in [1.807, 2.05) is 0 Å². The summed E-state index contributed by atoms with van der Waals surface area (Å²) >= 11 is 0. The molecule has 2 N–H and O–H groups in total. The van der Waals surface area contributed by atoms with Gasteiger partial charge in [0.05, 0.1) is 0 Å². The van der Waals surface area contributed by atoms with Crippen LogP contribution in [0.5, 0.6) is 0 Å². The zero-order valence-corrected chi connectivity index (χ0v) is 12.3. The Bertz CT molecular complexity index is 670. The van der Waals surface area contributed by atoms with Crippen LogP contribution in [0.15, 0.2) is 43.0 Å². The van der Waals surface area contributed by atoms with Crippen molar-refractivity contribution in [3.63, 3.8) is 0 Å². The first-order chi connectivity index (χ1) is 10.6. The zero-order valence-electron chi connectivity index (χ0n) is 12.3. The van der Waals surface area contributed by atoms with E-state index in [0.717, 1.165) is 5.56 Å². The second-order valence-electron chi connectivity index (χ2n) is 4.66. The SMILES string of the molecule is C=CCNc1cc(C(=O)NCc2ccc(F)cc2)nc(C)n1. The Morgan fingerprint density at radius 2 is 2.05 bits per heavy atom. The molecule has 5 nitrogen and oxygen atoms in total. The predicted molar refractivity (Wildman–Crippen MR) is 83.0 cm³/mol. The summed E-state index contributed by atoms with van der Waals surface area (Å²) in [5.41, 5.74) is 1.09. The molecule has 0 saturated carbocycles. The van der Waals surface area contributed by atoms with Crippen molar-refractivity contribution in [1.82, 2.24) is 15.3 Å². The second kappa shape index (κ2) is 7.31. The van der Waals surface area contributed by atoms with Gasteiger partial charge in [0.15, 0.2) is 0 Å². The summed E-state index contributed by atoms with van der Waals surface area (Å²) in [6.07, 6.45) is 1.70. The second-order valence-corrected chi connectivity index (χ2v) is 4.66. The first kappa shape index (κ1) is 15.6. The van der Waals surface area contributed by atoms with Crippen molar-refractivity contribution in [3.05, 3.63) is 65.9 Å². The van der Waals surface area contributed by atoms with Crippen LogP contribution in [-0.4, -0.2) is 22.4 Å². The molecule has 1 aromatic heterocycles. The maximum Gasteiger partial charge on any atom is 0.270 e. The Morgan fingerprint density at radius 1 is 1.32 bits per heavy atom. The molecule has 0 fully saturated rings. The van der Waals surface area contributed by atoms with E-state index in [9.17, 15) is 9.18 Å². The molecule has 2 rings (SSSR count). The minimum Gasteiger partial charge on any atom is -0.366 e. The first-order valence-corrected chi connectivity index (χ1v) is 6.81. The van der Waals surface area contributed by atoms with Gasteiger partial charge < -0.3 is 10.6 Å². The van der Waals surface area contributed by atoms with Crippen LogP contribution >= 0.6 is 0 Å². The van der Waals surface area contributed by atoms with Crippen molar-refractivity contribution in [3.8, 4) is 0 Å². The standard InChI is InChI=1S/C16H17FN4O/c1-3-8-18-15-9-14(20-11(2)21-15)16(22)19-10-12-4-6-13(17)7-5-12/h3-7,9H,1,8,10H2,2H3,(H,19,22)(H,18,20,21). The molecule has 0 spiro atoms. The van der Waals surface area contributed by atoms with Gasteiger partial charge in [0.1, 0.15) is 23.2 Å². The summed E-state index contributed by atoms with van der Waals surface area (Å²) in [5, 5.41) is 5.77. The van der Waals surface area contributed by atoms with Gasteiger partial charge in [0.2, 0.25) is 0 Å². The number of carbonyl (C=O) groups excluding carboxylic acids is 1. The summed E-state index contributed by atoms with van der Waals surface area (Å²) < 4.78 is 12.8. The molecule has 1 amide bonds. The van der Waals surface area contributed by atoms with Crippen molar-refractivity contribution >= 4 is 11.7 Å². The highest BCUT2D eigenvalue weighted by Gasteiger charge is 2.10. The van der Waals surface area contributed by atoms with Crippen molar-refractivity contribution in [2.75, 3.05) is 11.9 Å². The number of rotatable bonds is 6. The highest BCUT2D eigenvalue weighted by atomic mass is 19.1. The van der Waals surface area contributed by atoms with Gasteiger partial charge in [-0.1, -0.05) is 18.2 Å². The van der Waals surface area contributed by atoms with Crippen LogP contribution in [0.25, 0.3) is 0 Å². The number of nitrogens with one attached hydrogen (secondary N) is 2. The van der Waals surface area contributed by atoms with Crippen LogP contribution in [0.1, 0.15) is 21.9 Å². The number of amides is 1. The number of anilines is 1. The number of nitrogens with zero attached hydrogens (tertiary/aromatic N) is 2. The molecular formula is C16H17FN4O. The minimum atomic E-state index is -0.309. The van der Waals surface area contributed by atoms with Gasteiger partial charge in [-0.3, -0.25) is 4.79 Å². The molecule has 1 aromatic carbocycles. The number of aryl methyl sites for hydroxylation is 1. The molecule has 22 heavy (non-hydrogen) atoms. The Labute approximate surface area is 128 Å². The highest BCUT2D eigenvalue weighted by molar-refractivity contribution is 5.92. The molecule has 0 saturated heterocycles. The fourth-order valence-electron chi connectivity index (χ4n) is 1.83. The molecule has 6 heteroatoms. The van der Waals surface area contributed by atoms with Gasteiger partial charge in [-0.15, -0.1) is 6.58 Å². The number of carbonyl (C=O) groups is 1. The van der Waals surface area contributed by atoms with E-state index in [4.69, 9.17) is 0 Å². The fraction of sp³-hybridized carbons (Fsp3) is 0.188. The lowest BCUT2D eigenvalue weighted by Gasteiger charge is -2.08. The average Bonchev–Trinajstić information content (AvgIpc) is 2.51. The highest BCUT2D eigenvalue weighted by Crippen LogP contribution is 2.07. The van der Waals surface area contributed by atoms with Crippen LogP contribution < -0.4 is 10.6 Å². The van der Waals surface area contributed by atoms with Gasteiger partial charge >= 0.3 is 0 Å². The third-order valence-electron chi connectivity index (χ3n) is 2.86. The van der Waals surface area contributed by atoms with Crippen molar-refractivity contribution in [1.29, 1.82) is 0 Å². The van der Waals surface area contributed by atoms with Gasteiger partial charge in [0.25, 0.3) is 5.91 Å². The molecular weight excluding hydrogens is 283 g/mol. The lowest BCUT2D eigenvalue weighted by molar-refractivity contribution is 0.0945. The average molecular weight is 300 g/mol. The van der Waals surface area contributed by atoms with Gasteiger partial charge in [-0.25, -0.2) is 14.4 Å². The largest absolute Gasteiger partial charge is 0.366 e. The van der Waals surface area contributed by atoms with Crippen LogP contribution in [0.2, 0.25) is 0 Å². The van der Waals surface area contributed by atoms with Gasteiger partial charge in [-0.05, 0) is 24.6 Å². The van der Waals surface area contributed by atoms with Crippen LogP contribution in [0.3, 0.4) is 0 Å². The first-order valence-electron chi connectivity index (χ1n) is 6.81. The Balaban J connectivity index is 2.03. The lowest BCUT2D eigenvalue weighted by atomic mass is 10.2. The quantitative estimate of drug-likeness (QED) is 0.804. The number of hydrogen-bond donors (Lipinski definition) is 2. The molecule has 114 valence electrons. The number of benzene rings is 1. The smallest absolute Gasteiger partial charge is 0.270 e. The van der Waals surface area contributed by atoms with E-state index in [0.29, 0.717) is 24.7 Å². The van der Waals surface area contributed by atoms with Crippen molar-refractivity contribution < 1.29 is 9.18 Å². The van der Waals surface area contributed by atoms with Crippen LogP contribution in [0, 0.1) is 12.7 Å². The van der Waals surface area contributed by atoms with Crippen LogP contribution in [0.4, 0.5) is 10.2 Å². The number of hydrogen-bond acceptors (Lipinski definition) is 4. The fourth-order valence-corrected chi connectivity index (χ4v) is 1.83.